The maximum atomic E-state index is 10.7. The zero-order chi connectivity index (χ0) is 11.5. The highest BCUT2D eigenvalue weighted by Gasteiger charge is 2.30. The number of hydrogen-bond acceptors (Lipinski definition) is 3. The third-order valence-electron chi connectivity index (χ3n) is 2.50. The van der Waals surface area contributed by atoms with Crippen molar-refractivity contribution in [2.75, 3.05) is 6.54 Å². The summed E-state index contributed by atoms with van der Waals surface area (Å²) in [5, 5.41) is 12.3. The van der Waals surface area contributed by atoms with Crippen LogP contribution in [-0.4, -0.2) is 29.8 Å². The quantitative estimate of drug-likeness (QED) is 0.843. The molecule has 5 heteroatoms. The van der Waals surface area contributed by atoms with Gasteiger partial charge in [0.1, 0.15) is 17.9 Å². The van der Waals surface area contributed by atoms with Gasteiger partial charge in [0.2, 0.25) is 0 Å². The number of carboxylic acid groups (broad SMARTS) is 1. The van der Waals surface area contributed by atoms with Gasteiger partial charge in [-0.1, -0.05) is 11.6 Å². The lowest BCUT2D eigenvalue weighted by molar-refractivity contribution is -0.139. The average Bonchev–Trinajstić information content (AvgIpc) is 2.70. The molecule has 16 heavy (non-hydrogen) atoms. The third-order valence-corrected chi connectivity index (χ3v) is 2.76. The molecular formula is C11H12ClNO3. The topological polar surface area (TPSA) is 58.6 Å². The lowest BCUT2D eigenvalue weighted by Crippen LogP contribution is -2.30. The summed E-state index contributed by atoms with van der Waals surface area (Å²) < 4.78 is 5.63. The van der Waals surface area contributed by atoms with Crippen molar-refractivity contribution in [1.82, 2.24) is 5.32 Å². The fourth-order valence-electron chi connectivity index (χ4n) is 1.69. The first kappa shape index (κ1) is 11.2. The van der Waals surface area contributed by atoms with Gasteiger partial charge in [0.15, 0.2) is 0 Å². The molecule has 1 aliphatic rings. The summed E-state index contributed by atoms with van der Waals surface area (Å²) in [4.78, 5) is 10.7. The van der Waals surface area contributed by atoms with E-state index in [9.17, 15) is 4.79 Å². The zero-order valence-corrected chi connectivity index (χ0v) is 9.28. The highest BCUT2D eigenvalue weighted by atomic mass is 35.5. The molecule has 0 unspecified atom stereocenters. The molecule has 1 saturated heterocycles. The molecule has 0 radical (unpaired) electrons. The van der Waals surface area contributed by atoms with E-state index >= 15 is 0 Å². The van der Waals surface area contributed by atoms with Gasteiger partial charge in [-0.05, 0) is 24.3 Å². The van der Waals surface area contributed by atoms with Crippen molar-refractivity contribution >= 4 is 17.6 Å². The molecule has 86 valence electrons. The van der Waals surface area contributed by atoms with Crippen molar-refractivity contribution in [2.45, 2.75) is 18.6 Å². The van der Waals surface area contributed by atoms with Crippen molar-refractivity contribution in [3.05, 3.63) is 29.3 Å². The Bertz CT molecular complexity index is 379. The first-order valence-electron chi connectivity index (χ1n) is 5.03. The van der Waals surface area contributed by atoms with Crippen LogP contribution in [0.15, 0.2) is 24.3 Å². The van der Waals surface area contributed by atoms with Gasteiger partial charge >= 0.3 is 5.97 Å². The molecule has 2 N–H and O–H groups in total. The van der Waals surface area contributed by atoms with Crippen LogP contribution < -0.4 is 10.1 Å². The minimum Gasteiger partial charge on any atom is -0.489 e. The number of rotatable bonds is 3. The minimum atomic E-state index is -0.831. The van der Waals surface area contributed by atoms with Crippen molar-refractivity contribution in [1.29, 1.82) is 0 Å². The lowest BCUT2D eigenvalue weighted by atomic mass is 10.2. The molecule has 2 rings (SSSR count). The van der Waals surface area contributed by atoms with Crippen LogP contribution in [0.2, 0.25) is 5.02 Å². The number of nitrogens with one attached hydrogen (secondary N) is 1. The standard InChI is InChI=1S/C11H12ClNO3/c12-7-1-3-8(4-2-7)16-9-5-10(11(14)15)13-6-9/h1-4,9-10,13H,5-6H2,(H,14,15)/t9-,10-/m0/s1. The van der Waals surface area contributed by atoms with Crippen LogP contribution >= 0.6 is 11.6 Å². The summed E-state index contributed by atoms with van der Waals surface area (Å²) >= 11 is 5.75. The summed E-state index contributed by atoms with van der Waals surface area (Å²) in [6.07, 6.45) is 0.389. The summed E-state index contributed by atoms with van der Waals surface area (Å²) in [5.41, 5.74) is 0. The Morgan fingerprint density at radius 1 is 1.44 bits per heavy atom. The van der Waals surface area contributed by atoms with Gasteiger partial charge < -0.3 is 15.2 Å². The number of halogens is 1. The van der Waals surface area contributed by atoms with Gasteiger partial charge in [-0.2, -0.15) is 0 Å². The molecule has 4 nitrogen and oxygen atoms in total. The maximum absolute atomic E-state index is 10.7. The molecule has 1 aromatic rings. The Morgan fingerprint density at radius 3 is 2.69 bits per heavy atom. The lowest BCUT2D eigenvalue weighted by Gasteiger charge is -2.12. The fraction of sp³-hybridized carbons (Fsp3) is 0.364. The zero-order valence-electron chi connectivity index (χ0n) is 8.52. The summed E-state index contributed by atoms with van der Waals surface area (Å²) in [5.74, 6) is -0.121. The van der Waals surface area contributed by atoms with E-state index in [1.165, 1.54) is 0 Å². The Labute approximate surface area is 98.2 Å². The molecule has 0 aromatic heterocycles. The number of carboxylic acids is 1. The summed E-state index contributed by atoms with van der Waals surface area (Å²) in [7, 11) is 0. The molecule has 2 atom stereocenters. The Morgan fingerprint density at radius 2 is 2.12 bits per heavy atom. The fourth-order valence-corrected chi connectivity index (χ4v) is 1.81. The van der Waals surface area contributed by atoms with Gasteiger partial charge in [0.25, 0.3) is 0 Å². The monoisotopic (exact) mass is 241 g/mol. The van der Waals surface area contributed by atoms with Crippen LogP contribution in [0.5, 0.6) is 5.75 Å². The van der Waals surface area contributed by atoms with E-state index in [-0.39, 0.29) is 6.10 Å². The van der Waals surface area contributed by atoms with E-state index in [4.69, 9.17) is 21.4 Å². The van der Waals surface area contributed by atoms with E-state index in [0.29, 0.717) is 23.7 Å². The normalized spacial score (nSPS) is 24.3. The number of carbonyl (C=O) groups is 1. The van der Waals surface area contributed by atoms with Crippen molar-refractivity contribution in [3.63, 3.8) is 0 Å². The van der Waals surface area contributed by atoms with E-state index in [1.54, 1.807) is 24.3 Å². The molecule has 0 aliphatic carbocycles. The molecule has 0 saturated carbocycles. The third kappa shape index (κ3) is 2.65. The molecular weight excluding hydrogens is 230 g/mol. The highest BCUT2D eigenvalue weighted by molar-refractivity contribution is 6.30. The number of ether oxygens (including phenoxy) is 1. The van der Waals surface area contributed by atoms with E-state index in [0.717, 1.165) is 0 Å². The van der Waals surface area contributed by atoms with Crippen LogP contribution in [0.25, 0.3) is 0 Å². The van der Waals surface area contributed by atoms with Gasteiger partial charge in [-0.3, -0.25) is 4.79 Å². The largest absolute Gasteiger partial charge is 0.489 e. The van der Waals surface area contributed by atoms with Crippen LogP contribution in [-0.2, 0) is 4.79 Å². The molecule has 1 heterocycles. The minimum absolute atomic E-state index is 0.0951. The van der Waals surface area contributed by atoms with Crippen LogP contribution in [0.1, 0.15) is 6.42 Å². The predicted molar refractivity (Wildman–Crippen MR) is 59.9 cm³/mol. The Kier molecular flexibility index (Phi) is 3.31. The second kappa shape index (κ2) is 4.72. The van der Waals surface area contributed by atoms with Crippen LogP contribution in [0, 0.1) is 0 Å². The molecule has 1 aliphatic heterocycles. The average molecular weight is 242 g/mol. The first-order valence-corrected chi connectivity index (χ1v) is 5.41. The van der Waals surface area contributed by atoms with E-state index in [1.807, 2.05) is 0 Å². The van der Waals surface area contributed by atoms with Gasteiger partial charge in [-0.25, -0.2) is 0 Å². The van der Waals surface area contributed by atoms with E-state index < -0.39 is 12.0 Å². The van der Waals surface area contributed by atoms with Crippen molar-refractivity contribution < 1.29 is 14.6 Å². The van der Waals surface area contributed by atoms with Gasteiger partial charge in [0.05, 0.1) is 0 Å². The number of aliphatic carboxylic acids is 1. The summed E-state index contributed by atoms with van der Waals surface area (Å²) in [6.45, 7) is 0.555. The molecule has 0 bridgehead atoms. The summed E-state index contributed by atoms with van der Waals surface area (Å²) in [6, 6.07) is 6.53. The highest BCUT2D eigenvalue weighted by Crippen LogP contribution is 2.19. The van der Waals surface area contributed by atoms with Gasteiger partial charge in [-0.15, -0.1) is 0 Å². The molecule has 0 amide bonds. The van der Waals surface area contributed by atoms with Crippen molar-refractivity contribution in [3.8, 4) is 5.75 Å². The molecule has 1 aromatic carbocycles. The van der Waals surface area contributed by atoms with Crippen LogP contribution in [0.4, 0.5) is 0 Å². The second-order valence-electron chi connectivity index (χ2n) is 3.73. The molecule has 1 fully saturated rings. The number of benzene rings is 1. The van der Waals surface area contributed by atoms with Gasteiger partial charge in [0, 0.05) is 18.0 Å². The second-order valence-corrected chi connectivity index (χ2v) is 4.16. The maximum Gasteiger partial charge on any atom is 0.320 e. The number of hydrogen-bond donors (Lipinski definition) is 2. The smallest absolute Gasteiger partial charge is 0.320 e. The Hall–Kier alpha value is -1.26. The SMILES string of the molecule is O=C(O)[C@@H]1C[C@H](Oc2ccc(Cl)cc2)CN1. The molecule has 0 spiro atoms. The predicted octanol–water partition coefficient (Wildman–Crippen LogP) is 1.53. The Balaban J connectivity index is 1.92. The van der Waals surface area contributed by atoms with Crippen molar-refractivity contribution in [2.24, 2.45) is 0 Å². The first-order chi connectivity index (χ1) is 7.65. The van der Waals surface area contributed by atoms with Crippen LogP contribution in [0.3, 0.4) is 0 Å². The van der Waals surface area contributed by atoms with E-state index in [2.05, 4.69) is 5.32 Å².